The first-order valence-corrected chi connectivity index (χ1v) is 6.20. The number of pyridine rings is 1. The molecule has 7 heteroatoms. The molecule has 0 fully saturated rings. The van der Waals surface area contributed by atoms with Gasteiger partial charge in [-0.25, -0.2) is 9.97 Å². The summed E-state index contributed by atoms with van der Waals surface area (Å²) in [5, 5.41) is 14.0. The summed E-state index contributed by atoms with van der Waals surface area (Å²) in [6.07, 6.45) is 1.56. The number of hydrogen-bond acceptors (Lipinski definition) is 6. The number of hydrogen-bond donors (Lipinski definition) is 1. The minimum absolute atomic E-state index is 0.0275. The first-order valence-electron chi connectivity index (χ1n) is 5.32. The standard InChI is InChI=1S/C11H12N4O2S/c1-7-3-4-12-11(10(7)15(16)17)13-5-9-8(2)14-6-18-9/h3-4,6H,5H2,1-2H3,(H,12,13). The third-order valence-corrected chi connectivity index (χ3v) is 3.50. The highest BCUT2D eigenvalue weighted by Gasteiger charge is 2.18. The van der Waals surface area contributed by atoms with Crippen LogP contribution in [0.5, 0.6) is 0 Å². The van der Waals surface area contributed by atoms with Crippen LogP contribution in [-0.2, 0) is 6.54 Å². The summed E-state index contributed by atoms with van der Waals surface area (Å²) in [5.74, 6) is 0.299. The molecule has 2 heterocycles. The van der Waals surface area contributed by atoms with Crippen molar-refractivity contribution in [1.29, 1.82) is 0 Å². The molecule has 0 atom stereocenters. The molecule has 0 radical (unpaired) electrons. The van der Waals surface area contributed by atoms with Crippen molar-refractivity contribution in [2.45, 2.75) is 20.4 Å². The Balaban J connectivity index is 2.22. The largest absolute Gasteiger partial charge is 0.359 e. The Kier molecular flexibility index (Phi) is 3.52. The van der Waals surface area contributed by atoms with E-state index in [2.05, 4.69) is 15.3 Å². The minimum Gasteiger partial charge on any atom is -0.359 e. The van der Waals surface area contributed by atoms with Gasteiger partial charge in [-0.05, 0) is 19.9 Å². The van der Waals surface area contributed by atoms with Gasteiger partial charge >= 0.3 is 5.69 Å². The second-order valence-electron chi connectivity index (χ2n) is 3.80. The van der Waals surface area contributed by atoms with Crippen LogP contribution in [0.1, 0.15) is 16.1 Å². The van der Waals surface area contributed by atoms with Gasteiger partial charge < -0.3 is 5.32 Å². The molecule has 0 aliphatic heterocycles. The topological polar surface area (TPSA) is 81.0 Å². The lowest BCUT2D eigenvalue weighted by molar-refractivity contribution is -0.384. The van der Waals surface area contributed by atoms with E-state index in [0.717, 1.165) is 10.6 Å². The van der Waals surface area contributed by atoms with E-state index in [1.54, 1.807) is 24.7 Å². The average Bonchev–Trinajstić information content (AvgIpc) is 2.71. The maximum absolute atomic E-state index is 11.0. The SMILES string of the molecule is Cc1ccnc(NCc2scnc2C)c1[N+](=O)[O-]. The molecule has 2 aromatic heterocycles. The van der Waals surface area contributed by atoms with Crippen LogP contribution < -0.4 is 5.32 Å². The fourth-order valence-electron chi connectivity index (χ4n) is 1.57. The van der Waals surface area contributed by atoms with Crippen LogP contribution in [-0.4, -0.2) is 14.9 Å². The van der Waals surface area contributed by atoms with Gasteiger partial charge in [0, 0.05) is 16.6 Å². The Morgan fingerprint density at radius 1 is 1.44 bits per heavy atom. The predicted octanol–water partition coefficient (Wildman–Crippen LogP) is 2.68. The van der Waals surface area contributed by atoms with Gasteiger partial charge in [0.05, 0.1) is 22.7 Å². The third-order valence-electron chi connectivity index (χ3n) is 2.57. The summed E-state index contributed by atoms with van der Waals surface area (Å²) in [6.45, 7) is 4.10. The van der Waals surface area contributed by atoms with Crippen molar-refractivity contribution in [2.75, 3.05) is 5.32 Å². The summed E-state index contributed by atoms with van der Waals surface area (Å²) in [4.78, 5) is 19.8. The zero-order chi connectivity index (χ0) is 13.1. The summed E-state index contributed by atoms with van der Waals surface area (Å²) >= 11 is 1.52. The lowest BCUT2D eigenvalue weighted by Gasteiger charge is -2.06. The van der Waals surface area contributed by atoms with E-state index in [1.165, 1.54) is 11.3 Å². The monoisotopic (exact) mass is 264 g/mol. The first kappa shape index (κ1) is 12.4. The Bertz CT molecular complexity index is 582. The molecule has 0 unspecified atom stereocenters. The maximum atomic E-state index is 11.0. The second kappa shape index (κ2) is 5.09. The van der Waals surface area contributed by atoms with E-state index in [-0.39, 0.29) is 5.69 Å². The Labute approximate surface area is 108 Å². The summed E-state index contributed by atoms with van der Waals surface area (Å²) in [5.41, 5.74) is 3.31. The molecule has 6 nitrogen and oxygen atoms in total. The Morgan fingerprint density at radius 3 is 2.83 bits per heavy atom. The maximum Gasteiger partial charge on any atom is 0.314 e. The number of thiazole rings is 1. The predicted molar refractivity (Wildman–Crippen MR) is 69.8 cm³/mol. The number of nitro groups is 1. The molecular formula is C11H12N4O2S. The van der Waals surface area contributed by atoms with Crippen LogP contribution in [0, 0.1) is 24.0 Å². The van der Waals surface area contributed by atoms with Gasteiger partial charge in [-0.3, -0.25) is 10.1 Å². The second-order valence-corrected chi connectivity index (χ2v) is 4.74. The van der Waals surface area contributed by atoms with Crippen LogP contribution in [0.15, 0.2) is 17.8 Å². The van der Waals surface area contributed by atoms with Crippen LogP contribution in [0.4, 0.5) is 11.5 Å². The number of nitrogens with zero attached hydrogens (tertiary/aromatic N) is 3. The quantitative estimate of drug-likeness (QED) is 0.678. The summed E-state index contributed by atoms with van der Waals surface area (Å²) in [6, 6.07) is 1.63. The number of anilines is 1. The minimum atomic E-state index is -0.413. The van der Waals surface area contributed by atoms with Gasteiger partial charge in [0.1, 0.15) is 0 Å². The molecule has 18 heavy (non-hydrogen) atoms. The van der Waals surface area contributed by atoms with Crippen LogP contribution in [0.3, 0.4) is 0 Å². The third kappa shape index (κ3) is 2.45. The molecule has 0 aliphatic carbocycles. The first-order chi connectivity index (χ1) is 8.59. The fraction of sp³-hybridized carbons (Fsp3) is 0.273. The van der Waals surface area contributed by atoms with Gasteiger partial charge in [0.15, 0.2) is 0 Å². The zero-order valence-electron chi connectivity index (χ0n) is 10.0. The lowest BCUT2D eigenvalue weighted by Crippen LogP contribution is -2.05. The summed E-state index contributed by atoms with van der Waals surface area (Å²) < 4.78 is 0. The smallest absolute Gasteiger partial charge is 0.314 e. The molecule has 94 valence electrons. The van der Waals surface area contributed by atoms with Crippen molar-refractivity contribution >= 4 is 22.8 Å². The highest BCUT2D eigenvalue weighted by Crippen LogP contribution is 2.26. The van der Waals surface area contributed by atoms with Crippen molar-refractivity contribution in [3.63, 3.8) is 0 Å². The van der Waals surface area contributed by atoms with Crippen molar-refractivity contribution in [2.24, 2.45) is 0 Å². The van der Waals surface area contributed by atoms with Crippen LogP contribution >= 0.6 is 11.3 Å². The number of nitrogens with one attached hydrogen (secondary N) is 1. The molecule has 2 aromatic rings. The molecule has 0 aromatic carbocycles. The number of aryl methyl sites for hydroxylation is 2. The van der Waals surface area contributed by atoms with Crippen molar-refractivity contribution in [3.05, 3.63) is 44.0 Å². The van der Waals surface area contributed by atoms with E-state index in [9.17, 15) is 10.1 Å². The fourth-order valence-corrected chi connectivity index (χ4v) is 2.29. The molecular weight excluding hydrogens is 252 g/mol. The van der Waals surface area contributed by atoms with E-state index in [4.69, 9.17) is 0 Å². The van der Waals surface area contributed by atoms with Crippen molar-refractivity contribution < 1.29 is 4.92 Å². The summed E-state index contributed by atoms with van der Waals surface area (Å²) in [7, 11) is 0. The van der Waals surface area contributed by atoms with Crippen molar-refractivity contribution in [1.82, 2.24) is 9.97 Å². The van der Waals surface area contributed by atoms with Crippen LogP contribution in [0.25, 0.3) is 0 Å². The molecule has 0 bridgehead atoms. The van der Waals surface area contributed by atoms with Gasteiger partial charge in [-0.2, -0.15) is 0 Å². The molecule has 0 aliphatic rings. The molecule has 0 amide bonds. The van der Waals surface area contributed by atoms with E-state index in [0.29, 0.717) is 17.9 Å². The molecule has 0 saturated heterocycles. The van der Waals surface area contributed by atoms with E-state index in [1.807, 2.05) is 6.92 Å². The van der Waals surface area contributed by atoms with Gasteiger partial charge in [-0.15, -0.1) is 11.3 Å². The van der Waals surface area contributed by atoms with Crippen LogP contribution in [0.2, 0.25) is 0 Å². The van der Waals surface area contributed by atoms with Gasteiger partial charge in [0.2, 0.25) is 5.82 Å². The molecule has 0 spiro atoms. The van der Waals surface area contributed by atoms with E-state index >= 15 is 0 Å². The number of rotatable bonds is 4. The highest BCUT2D eigenvalue weighted by atomic mass is 32.1. The lowest BCUT2D eigenvalue weighted by atomic mass is 10.2. The number of aromatic nitrogens is 2. The normalized spacial score (nSPS) is 10.3. The molecule has 0 saturated carbocycles. The molecule has 2 rings (SSSR count). The highest BCUT2D eigenvalue weighted by molar-refractivity contribution is 7.09. The van der Waals surface area contributed by atoms with Gasteiger partial charge in [-0.1, -0.05) is 0 Å². The zero-order valence-corrected chi connectivity index (χ0v) is 10.8. The van der Waals surface area contributed by atoms with E-state index < -0.39 is 4.92 Å². The Morgan fingerprint density at radius 2 is 2.22 bits per heavy atom. The van der Waals surface area contributed by atoms with Gasteiger partial charge in [0.25, 0.3) is 0 Å². The Hall–Kier alpha value is -2.02. The van der Waals surface area contributed by atoms with Crippen molar-refractivity contribution in [3.8, 4) is 0 Å². The molecule has 1 N–H and O–H groups in total. The average molecular weight is 264 g/mol.